The molecular formula is C19H18N2O4S. The van der Waals surface area contributed by atoms with Crippen LogP contribution in [-0.4, -0.2) is 45.0 Å². The largest absolute Gasteiger partial charge is 0.478 e. The summed E-state index contributed by atoms with van der Waals surface area (Å²) >= 11 is 5.36. The lowest BCUT2D eigenvalue weighted by molar-refractivity contribution is -0.122. The molecule has 0 unspecified atom stereocenters. The van der Waals surface area contributed by atoms with Crippen LogP contribution in [0.25, 0.3) is 17.4 Å². The summed E-state index contributed by atoms with van der Waals surface area (Å²) in [6.45, 7) is 4.93. The number of rotatable bonds is 5. The van der Waals surface area contributed by atoms with Crippen molar-refractivity contribution in [3.8, 4) is 11.3 Å². The van der Waals surface area contributed by atoms with Crippen molar-refractivity contribution in [3.63, 3.8) is 0 Å². The predicted molar refractivity (Wildman–Crippen MR) is 101 cm³/mol. The van der Waals surface area contributed by atoms with Gasteiger partial charge in [0.2, 0.25) is 0 Å². The third-order valence-electron chi connectivity index (χ3n) is 4.17. The van der Waals surface area contributed by atoms with Gasteiger partial charge in [-0.15, -0.1) is 0 Å². The highest BCUT2D eigenvalue weighted by Gasteiger charge is 2.36. The number of carbonyl (C=O) groups excluding carboxylic acids is 1. The zero-order valence-electron chi connectivity index (χ0n) is 14.4. The average Bonchev–Trinajstić information content (AvgIpc) is 3.18. The van der Waals surface area contributed by atoms with E-state index in [1.54, 1.807) is 40.1 Å². The van der Waals surface area contributed by atoms with Gasteiger partial charge < -0.3 is 14.4 Å². The van der Waals surface area contributed by atoms with Crippen LogP contribution in [0.1, 0.15) is 30.0 Å². The smallest absolute Gasteiger partial charge is 0.335 e. The highest BCUT2D eigenvalue weighted by molar-refractivity contribution is 7.80. The Morgan fingerprint density at radius 1 is 1.12 bits per heavy atom. The number of carboxylic acids is 1. The van der Waals surface area contributed by atoms with Crippen LogP contribution in [0.4, 0.5) is 0 Å². The minimum Gasteiger partial charge on any atom is -0.478 e. The van der Waals surface area contributed by atoms with Crippen molar-refractivity contribution in [2.45, 2.75) is 13.8 Å². The Kier molecular flexibility index (Phi) is 4.90. The van der Waals surface area contributed by atoms with Crippen LogP contribution in [0.15, 0.2) is 46.5 Å². The van der Waals surface area contributed by atoms with Gasteiger partial charge in [-0.3, -0.25) is 9.69 Å². The maximum Gasteiger partial charge on any atom is 0.335 e. The SMILES string of the molecule is CCN1C(=O)/C(=C\c2ccc(-c3ccc(C(=O)O)cc3)o2)N(CC)C1=S. The molecule has 2 aromatic rings. The molecule has 0 spiro atoms. The molecule has 1 N–H and O–H groups in total. The van der Waals surface area contributed by atoms with E-state index in [0.29, 0.717) is 35.4 Å². The van der Waals surface area contributed by atoms with E-state index in [4.69, 9.17) is 21.7 Å². The quantitative estimate of drug-likeness (QED) is 0.642. The molecule has 1 aromatic carbocycles. The molecule has 134 valence electrons. The highest BCUT2D eigenvalue weighted by atomic mass is 32.1. The van der Waals surface area contributed by atoms with Crippen molar-refractivity contribution in [1.82, 2.24) is 9.80 Å². The van der Waals surface area contributed by atoms with Gasteiger partial charge >= 0.3 is 5.97 Å². The van der Waals surface area contributed by atoms with Crippen LogP contribution < -0.4 is 0 Å². The van der Waals surface area contributed by atoms with Gasteiger partial charge in [0.05, 0.1) is 5.56 Å². The summed E-state index contributed by atoms with van der Waals surface area (Å²) in [5.74, 6) is 0.0162. The van der Waals surface area contributed by atoms with Crippen LogP contribution in [0, 0.1) is 0 Å². The Bertz CT molecular complexity index is 899. The van der Waals surface area contributed by atoms with Crippen LogP contribution in [0.2, 0.25) is 0 Å². The van der Waals surface area contributed by atoms with Crippen molar-refractivity contribution in [2.75, 3.05) is 13.1 Å². The van der Waals surface area contributed by atoms with Crippen molar-refractivity contribution in [2.24, 2.45) is 0 Å². The lowest BCUT2D eigenvalue weighted by atomic mass is 10.1. The maximum atomic E-state index is 12.5. The van der Waals surface area contributed by atoms with Crippen molar-refractivity contribution < 1.29 is 19.1 Å². The van der Waals surface area contributed by atoms with E-state index in [9.17, 15) is 9.59 Å². The zero-order valence-corrected chi connectivity index (χ0v) is 15.2. The molecule has 6 nitrogen and oxygen atoms in total. The molecule has 0 radical (unpaired) electrons. The molecule has 2 heterocycles. The molecule has 1 fully saturated rings. The molecule has 7 heteroatoms. The molecule has 1 saturated heterocycles. The third-order valence-corrected chi connectivity index (χ3v) is 4.61. The van der Waals surface area contributed by atoms with Gasteiger partial charge in [-0.1, -0.05) is 12.1 Å². The first-order valence-corrected chi connectivity index (χ1v) is 8.65. The summed E-state index contributed by atoms with van der Waals surface area (Å²) in [5.41, 5.74) is 1.46. The lowest BCUT2D eigenvalue weighted by Gasteiger charge is -2.16. The van der Waals surface area contributed by atoms with E-state index in [-0.39, 0.29) is 11.5 Å². The number of aromatic carboxylic acids is 1. The van der Waals surface area contributed by atoms with E-state index < -0.39 is 5.97 Å². The number of hydrogen-bond acceptors (Lipinski definition) is 4. The molecule has 0 atom stereocenters. The van der Waals surface area contributed by atoms with Crippen molar-refractivity contribution in [1.29, 1.82) is 0 Å². The molecule has 26 heavy (non-hydrogen) atoms. The topological polar surface area (TPSA) is 74.0 Å². The first-order chi connectivity index (χ1) is 12.5. The van der Waals surface area contributed by atoms with Crippen LogP contribution >= 0.6 is 12.2 Å². The van der Waals surface area contributed by atoms with Crippen molar-refractivity contribution >= 4 is 35.3 Å². The van der Waals surface area contributed by atoms with Crippen molar-refractivity contribution in [3.05, 3.63) is 53.4 Å². The molecule has 3 rings (SSSR count). The molecule has 0 saturated carbocycles. The van der Waals surface area contributed by atoms with Gasteiger partial charge in [0.25, 0.3) is 5.91 Å². The fourth-order valence-electron chi connectivity index (χ4n) is 2.81. The number of benzene rings is 1. The molecule has 1 aromatic heterocycles. The normalized spacial score (nSPS) is 16.0. The molecule has 0 aliphatic carbocycles. The molecule has 0 bridgehead atoms. The van der Waals surface area contributed by atoms with Crippen LogP contribution in [0.3, 0.4) is 0 Å². The first-order valence-electron chi connectivity index (χ1n) is 8.24. The number of amides is 1. The zero-order chi connectivity index (χ0) is 18.8. The number of carbonyl (C=O) groups is 2. The predicted octanol–water partition coefficient (Wildman–Crippen LogP) is 3.45. The second-order valence-electron chi connectivity index (χ2n) is 5.69. The summed E-state index contributed by atoms with van der Waals surface area (Å²) in [7, 11) is 0. The Hall–Kier alpha value is -2.93. The van der Waals surface area contributed by atoms with Crippen LogP contribution in [0.5, 0.6) is 0 Å². The van der Waals surface area contributed by atoms with Gasteiger partial charge in [0, 0.05) is 24.7 Å². The molecule has 1 aliphatic rings. The molecule has 1 aliphatic heterocycles. The van der Waals surface area contributed by atoms with E-state index in [1.807, 2.05) is 13.8 Å². The maximum absolute atomic E-state index is 12.5. The number of thiocarbonyl (C=S) groups is 1. The monoisotopic (exact) mass is 370 g/mol. The number of hydrogen-bond donors (Lipinski definition) is 1. The standard InChI is InChI=1S/C19H18N2O4S/c1-3-20-15(17(22)21(4-2)19(20)26)11-14-9-10-16(25-14)12-5-7-13(8-6-12)18(23)24/h5-11H,3-4H2,1-2H3,(H,23,24)/b15-11+. The van der Waals surface area contributed by atoms with E-state index in [0.717, 1.165) is 5.56 Å². The Labute approximate surface area is 156 Å². The van der Waals surface area contributed by atoms with E-state index >= 15 is 0 Å². The number of nitrogens with zero attached hydrogens (tertiary/aromatic N) is 2. The molecular weight excluding hydrogens is 352 g/mol. The van der Waals surface area contributed by atoms with Gasteiger partial charge in [-0.2, -0.15) is 0 Å². The number of furan rings is 1. The Balaban J connectivity index is 1.90. The van der Waals surface area contributed by atoms with Gasteiger partial charge in [-0.25, -0.2) is 4.79 Å². The van der Waals surface area contributed by atoms with Crippen LogP contribution in [-0.2, 0) is 4.79 Å². The summed E-state index contributed by atoms with van der Waals surface area (Å²) in [6.07, 6.45) is 1.68. The molecule has 1 amide bonds. The van der Waals surface area contributed by atoms with E-state index in [2.05, 4.69) is 0 Å². The second-order valence-corrected chi connectivity index (χ2v) is 6.06. The average molecular weight is 370 g/mol. The first kappa shape index (κ1) is 17.9. The third kappa shape index (κ3) is 3.13. The van der Waals surface area contributed by atoms with E-state index in [1.165, 1.54) is 12.1 Å². The highest BCUT2D eigenvalue weighted by Crippen LogP contribution is 2.27. The fourth-order valence-corrected chi connectivity index (χ4v) is 3.25. The minimum absolute atomic E-state index is 0.136. The fraction of sp³-hybridized carbons (Fsp3) is 0.211. The Morgan fingerprint density at radius 2 is 1.77 bits per heavy atom. The van der Waals surface area contributed by atoms with Gasteiger partial charge in [0.15, 0.2) is 5.11 Å². The number of likely N-dealkylation sites (N-methyl/N-ethyl adjacent to an activating group) is 2. The summed E-state index contributed by atoms with van der Waals surface area (Å²) in [5, 5.41) is 9.47. The minimum atomic E-state index is -0.975. The van der Waals surface area contributed by atoms with Gasteiger partial charge in [-0.05, 0) is 50.3 Å². The number of carboxylic acid groups (broad SMARTS) is 1. The second kappa shape index (κ2) is 7.13. The van der Waals surface area contributed by atoms with Gasteiger partial charge in [0.1, 0.15) is 17.2 Å². The summed E-state index contributed by atoms with van der Waals surface area (Å²) < 4.78 is 5.81. The Morgan fingerprint density at radius 3 is 2.35 bits per heavy atom. The lowest BCUT2D eigenvalue weighted by Crippen LogP contribution is -2.32. The summed E-state index contributed by atoms with van der Waals surface area (Å²) in [4.78, 5) is 26.8. The summed E-state index contributed by atoms with van der Waals surface area (Å²) in [6, 6.07) is 9.98.